The van der Waals surface area contributed by atoms with Crippen molar-refractivity contribution in [2.24, 2.45) is 4.99 Å². The molecule has 0 atom stereocenters. The lowest BCUT2D eigenvalue weighted by Crippen LogP contribution is -2.18. The second kappa shape index (κ2) is 13.2. The van der Waals surface area contributed by atoms with Crippen molar-refractivity contribution in [3.63, 3.8) is 0 Å². The lowest BCUT2D eigenvalue weighted by Gasteiger charge is -2.07. The van der Waals surface area contributed by atoms with Crippen LogP contribution in [-0.4, -0.2) is 53.0 Å². The highest BCUT2D eigenvalue weighted by atomic mass is 35.5. The SMILES string of the molecule is CCOC(=O)c1sc(NC(=O)CSCC(=O)N=c2sc3cc(Cl)ccc3n2CC)c(C(=O)OCC)c1C. The maximum absolute atomic E-state index is 12.6. The topological polar surface area (TPSA) is 116 Å². The minimum Gasteiger partial charge on any atom is -0.462 e. The number of hydrogen-bond donors (Lipinski definition) is 1. The molecule has 13 heteroatoms. The van der Waals surface area contributed by atoms with Gasteiger partial charge in [-0.3, -0.25) is 9.59 Å². The van der Waals surface area contributed by atoms with Crippen molar-refractivity contribution in [3.8, 4) is 0 Å². The molecule has 0 aliphatic carbocycles. The fraction of sp³-hybridized carbons (Fsp3) is 0.375. The molecule has 0 bridgehead atoms. The summed E-state index contributed by atoms with van der Waals surface area (Å²) in [6.07, 6.45) is 0. The minimum atomic E-state index is -0.641. The van der Waals surface area contributed by atoms with Crippen LogP contribution < -0.4 is 10.1 Å². The molecule has 9 nitrogen and oxygen atoms in total. The lowest BCUT2D eigenvalue weighted by molar-refractivity contribution is -0.115. The van der Waals surface area contributed by atoms with Gasteiger partial charge in [-0.1, -0.05) is 22.9 Å². The van der Waals surface area contributed by atoms with Crippen LogP contribution in [-0.2, 0) is 25.6 Å². The van der Waals surface area contributed by atoms with Crippen LogP contribution in [0.3, 0.4) is 0 Å². The van der Waals surface area contributed by atoms with Gasteiger partial charge in [-0.05, 0) is 51.5 Å². The Labute approximate surface area is 230 Å². The number of benzene rings is 1. The van der Waals surface area contributed by atoms with Gasteiger partial charge in [0.05, 0.1) is 40.5 Å². The summed E-state index contributed by atoms with van der Waals surface area (Å²) in [5.41, 5.74) is 1.45. The third-order valence-electron chi connectivity index (χ3n) is 4.98. The van der Waals surface area contributed by atoms with E-state index in [1.165, 1.54) is 11.3 Å². The average molecular weight is 584 g/mol. The van der Waals surface area contributed by atoms with Gasteiger partial charge in [0.1, 0.15) is 9.88 Å². The second-order valence-electron chi connectivity index (χ2n) is 7.49. The van der Waals surface area contributed by atoms with Crippen molar-refractivity contribution in [2.75, 3.05) is 30.0 Å². The van der Waals surface area contributed by atoms with Crippen LogP contribution in [0.5, 0.6) is 0 Å². The monoisotopic (exact) mass is 583 g/mol. The number of nitrogens with zero attached hydrogens (tertiary/aromatic N) is 2. The van der Waals surface area contributed by atoms with E-state index in [1.807, 2.05) is 23.6 Å². The van der Waals surface area contributed by atoms with Gasteiger partial charge in [-0.2, -0.15) is 4.99 Å². The van der Waals surface area contributed by atoms with Crippen molar-refractivity contribution in [1.82, 2.24) is 4.57 Å². The number of carbonyl (C=O) groups is 4. The van der Waals surface area contributed by atoms with Crippen LogP contribution in [0.2, 0.25) is 5.02 Å². The molecular formula is C24H26ClN3O6S3. The Bertz CT molecular complexity index is 1410. The van der Waals surface area contributed by atoms with Gasteiger partial charge in [-0.15, -0.1) is 23.1 Å². The van der Waals surface area contributed by atoms with Crippen LogP contribution in [0, 0.1) is 6.92 Å². The molecule has 2 heterocycles. The van der Waals surface area contributed by atoms with E-state index in [0.717, 1.165) is 33.3 Å². The Morgan fingerprint density at radius 2 is 1.76 bits per heavy atom. The van der Waals surface area contributed by atoms with Gasteiger partial charge in [0.2, 0.25) is 5.91 Å². The molecule has 3 rings (SSSR count). The quantitative estimate of drug-likeness (QED) is 0.337. The molecule has 2 aromatic heterocycles. The van der Waals surface area contributed by atoms with Gasteiger partial charge >= 0.3 is 11.9 Å². The summed E-state index contributed by atoms with van der Waals surface area (Å²) in [5.74, 6) is -2.08. The molecule has 0 radical (unpaired) electrons. The molecule has 0 fully saturated rings. The number of fused-ring (bicyclic) bond motifs is 1. The van der Waals surface area contributed by atoms with Crippen LogP contribution in [0.15, 0.2) is 23.2 Å². The highest BCUT2D eigenvalue weighted by molar-refractivity contribution is 8.00. The zero-order valence-electron chi connectivity index (χ0n) is 20.7. The molecule has 0 aliphatic rings. The highest BCUT2D eigenvalue weighted by Crippen LogP contribution is 2.34. The van der Waals surface area contributed by atoms with Gasteiger partial charge < -0.3 is 19.4 Å². The molecular weight excluding hydrogens is 558 g/mol. The second-order valence-corrected chi connectivity index (χ2v) is 10.9. The summed E-state index contributed by atoms with van der Waals surface area (Å²) in [6.45, 7) is 7.87. The predicted octanol–water partition coefficient (Wildman–Crippen LogP) is 4.90. The number of anilines is 1. The van der Waals surface area contributed by atoms with Crippen molar-refractivity contribution in [2.45, 2.75) is 34.2 Å². The summed E-state index contributed by atoms with van der Waals surface area (Å²) in [7, 11) is 0. The van der Waals surface area contributed by atoms with Crippen molar-refractivity contribution >= 4 is 85.0 Å². The first-order valence-electron chi connectivity index (χ1n) is 11.4. The predicted molar refractivity (Wildman–Crippen MR) is 148 cm³/mol. The summed E-state index contributed by atoms with van der Waals surface area (Å²) < 4.78 is 13.0. The number of esters is 2. The van der Waals surface area contributed by atoms with Gasteiger partial charge in [0.25, 0.3) is 5.91 Å². The van der Waals surface area contributed by atoms with Crippen molar-refractivity contribution < 1.29 is 28.7 Å². The van der Waals surface area contributed by atoms with E-state index in [1.54, 1.807) is 26.8 Å². The Balaban J connectivity index is 1.68. The number of nitrogens with one attached hydrogen (secondary N) is 1. The number of thiazole rings is 1. The van der Waals surface area contributed by atoms with E-state index >= 15 is 0 Å². The Hall–Kier alpha value is -2.67. The fourth-order valence-electron chi connectivity index (χ4n) is 3.41. The third kappa shape index (κ3) is 7.01. The third-order valence-corrected chi connectivity index (χ3v) is 8.36. The zero-order chi connectivity index (χ0) is 27.1. The van der Waals surface area contributed by atoms with E-state index in [9.17, 15) is 19.2 Å². The molecule has 37 heavy (non-hydrogen) atoms. The summed E-state index contributed by atoms with van der Waals surface area (Å²) in [6, 6.07) is 5.52. The number of aryl methyl sites for hydroxylation is 1. The maximum Gasteiger partial charge on any atom is 0.348 e. The smallest absolute Gasteiger partial charge is 0.348 e. The summed E-state index contributed by atoms with van der Waals surface area (Å²) in [5, 5.41) is 3.48. The summed E-state index contributed by atoms with van der Waals surface area (Å²) in [4.78, 5) is 54.9. The molecule has 0 saturated heterocycles. The first-order chi connectivity index (χ1) is 17.7. The number of amides is 2. The number of thiophene rings is 1. The van der Waals surface area contributed by atoms with Gasteiger partial charge in [0.15, 0.2) is 4.80 Å². The molecule has 0 saturated carbocycles. The van der Waals surface area contributed by atoms with E-state index in [0.29, 0.717) is 21.9 Å². The first-order valence-corrected chi connectivity index (χ1v) is 14.6. The Kier molecular flexibility index (Phi) is 10.3. The van der Waals surface area contributed by atoms with Crippen molar-refractivity contribution in [3.05, 3.63) is 44.0 Å². The maximum atomic E-state index is 12.6. The van der Waals surface area contributed by atoms with Crippen LogP contribution in [0.25, 0.3) is 10.2 Å². The highest BCUT2D eigenvalue weighted by Gasteiger charge is 2.27. The minimum absolute atomic E-state index is 0.00554. The molecule has 2 amide bonds. The van der Waals surface area contributed by atoms with Crippen molar-refractivity contribution in [1.29, 1.82) is 0 Å². The van der Waals surface area contributed by atoms with E-state index in [4.69, 9.17) is 21.1 Å². The number of rotatable bonds is 10. The first kappa shape index (κ1) is 28.9. The molecule has 1 aromatic carbocycles. The number of carbonyl (C=O) groups excluding carboxylic acids is 4. The fourth-order valence-corrected chi connectivity index (χ4v) is 6.50. The van der Waals surface area contributed by atoms with E-state index in [-0.39, 0.29) is 46.1 Å². The van der Waals surface area contributed by atoms with Gasteiger partial charge in [-0.25, -0.2) is 9.59 Å². The van der Waals surface area contributed by atoms with Crippen LogP contribution in [0.1, 0.15) is 46.4 Å². The number of aromatic nitrogens is 1. The molecule has 0 unspecified atom stereocenters. The molecule has 0 aliphatic heterocycles. The molecule has 0 spiro atoms. The molecule has 198 valence electrons. The number of thioether (sulfide) groups is 1. The Morgan fingerprint density at radius 1 is 1.05 bits per heavy atom. The molecule has 1 N–H and O–H groups in total. The van der Waals surface area contributed by atoms with Crippen LogP contribution in [0.4, 0.5) is 5.00 Å². The Morgan fingerprint density at radius 3 is 2.43 bits per heavy atom. The standard InChI is InChI=1S/C24H26ClN3O6S3/c1-5-28-15-9-8-14(25)10-16(15)36-24(28)27-18(30)12-35-11-17(29)26-21-19(22(31)33-6-2)13(4)20(37-21)23(32)34-7-3/h8-10H,5-7,11-12H2,1-4H3,(H,26,29). The molecule has 3 aromatic rings. The lowest BCUT2D eigenvalue weighted by atomic mass is 10.1. The van der Waals surface area contributed by atoms with Gasteiger partial charge in [0, 0.05) is 11.6 Å². The average Bonchev–Trinajstić information content (AvgIpc) is 3.34. The van der Waals surface area contributed by atoms with Crippen LogP contribution >= 0.6 is 46.0 Å². The number of halogens is 1. The number of hydrogen-bond acceptors (Lipinski definition) is 9. The zero-order valence-corrected chi connectivity index (χ0v) is 23.9. The number of ether oxygens (including phenoxy) is 2. The normalized spacial score (nSPS) is 11.5. The van der Waals surface area contributed by atoms with E-state index < -0.39 is 17.8 Å². The largest absolute Gasteiger partial charge is 0.462 e. The summed E-state index contributed by atoms with van der Waals surface area (Å²) >= 11 is 9.50. The van der Waals surface area contributed by atoms with E-state index in [2.05, 4.69) is 10.3 Å².